The fourth-order valence-corrected chi connectivity index (χ4v) is 3.53. The lowest BCUT2D eigenvalue weighted by Gasteiger charge is -2.34. The van der Waals surface area contributed by atoms with Crippen LogP contribution in [0.5, 0.6) is 5.75 Å². The Balaban J connectivity index is 1.64. The molecule has 1 aliphatic heterocycles. The first-order chi connectivity index (χ1) is 13.4. The molecule has 1 saturated heterocycles. The molecule has 0 bridgehead atoms. The second kappa shape index (κ2) is 8.43. The Morgan fingerprint density at radius 2 is 1.82 bits per heavy atom. The highest BCUT2D eigenvalue weighted by atomic mass is 16.3. The third-order valence-corrected chi connectivity index (χ3v) is 5.30. The summed E-state index contributed by atoms with van der Waals surface area (Å²) in [6.07, 6.45) is 0.159. The molecule has 0 saturated carbocycles. The van der Waals surface area contributed by atoms with E-state index in [0.717, 1.165) is 19.6 Å². The van der Waals surface area contributed by atoms with Gasteiger partial charge in [-0.25, -0.2) is 0 Å². The lowest BCUT2D eigenvalue weighted by atomic mass is 10.1. The van der Waals surface area contributed by atoms with E-state index < -0.39 is 11.5 Å². The fraction of sp³-hybridized carbons (Fsp3) is 0.450. The first-order valence-corrected chi connectivity index (χ1v) is 9.53. The number of pyridine rings is 1. The lowest BCUT2D eigenvalue weighted by Crippen LogP contribution is -2.49. The van der Waals surface area contributed by atoms with Gasteiger partial charge in [0.2, 0.25) is 5.91 Å². The molecule has 8 heteroatoms. The van der Waals surface area contributed by atoms with E-state index in [0.29, 0.717) is 24.0 Å². The maximum Gasteiger partial charge on any atom is 0.267 e. The van der Waals surface area contributed by atoms with Crippen LogP contribution in [0.15, 0.2) is 29.1 Å². The second-order valence-electron chi connectivity index (χ2n) is 6.93. The molecule has 0 atom stereocenters. The molecule has 150 valence electrons. The quantitative estimate of drug-likeness (QED) is 0.782. The molecule has 8 nitrogen and oxygen atoms in total. The minimum Gasteiger partial charge on any atom is -0.506 e. The topological polar surface area (TPSA) is 94.9 Å². The number of para-hydroxylation sites is 1. The highest BCUT2D eigenvalue weighted by Crippen LogP contribution is 2.25. The molecule has 28 heavy (non-hydrogen) atoms. The standard InChI is InChI=1S/C20H26N4O4/c1-3-23-10-12-24(13-11-23)16(25)8-9-21-19(27)17-18(26)14-6-4-5-7-15(14)22(2)20(17)28/h4-7,26H,3,8-13H2,1-2H3,(H,21,27). The summed E-state index contributed by atoms with van der Waals surface area (Å²) in [6.45, 7) is 6.27. The van der Waals surface area contributed by atoms with Gasteiger partial charge in [0.25, 0.3) is 11.5 Å². The Hall–Kier alpha value is -2.87. The molecule has 1 aliphatic rings. The number of nitrogens with one attached hydrogen (secondary N) is 1. The van der Waals surface area contributed by atoms with Gasteiger partial charge in [-0.1, -0.05) is 19.1 Å². The summed E-state index contributed by atoms with van der Waals surface area (Å²) in [7, 11) is 1.56. The van der Waals surface area contributed by atoms with E-state index in [2.05, 4.69) is 17.1 Å². The molecule has 2 amide bonds. The van der Waals surface area contributed by atoms with E-state index in [-0.39, 0.29) is 30.2 Å². The van der Waals surface area contributed by atoms with Crippen molar-refractivity contribution < 1.29 is 14.7 Å². The van der Waals surface area contributed by atoms with Gasteiger partial charge in [-0.3, -0.25) is 14.4 Å². The van der Waals surface area contributed by atoms with E-state index in [9.17, 15) is 19.5 Å². The minimum absolute atomic E-state index is 0.0216. The number of fused-ring (bicyclic) bond motifs is 1. The number of likely N-dealkylation sites (N-methyl/N-ethyl adjacent to an activating group) is 1. The number of piperazine rings is 1. The molecule has 0 aliphatic carbocycles. The van der Waals surface area contributed by atoms with Crippen LogP contribution in [0.25, 0.3) is 10.9 Å². The molecule has 0 unspecified atom stereocenters. The van der Waals surface area contributed by atoms with Crippen molar-refractivity contribution in [1.29, 1.82) is 0 Å². The van der Waals surface area contributed by atoms with Gasteiger partial charge in [-0.2, -0.15) is 0 Å². The van der Waals surface area contributed by atoms with E-state index in [1.807, 2.05) is 0 Å². The van der Waals surface area contributed by atoms with Gasteiger partial charge in [-0.15, -0.1) is 0 Å². The molecule has 0 spiro atoms. The molecular formula is C20H26N4O4. The van der Waals surface area contributed by atoms with Crippen molar-refractivity contribution in [3.63, 3.8) is 0 Å². The van der Waals surface area contributed by atoms with Crippen molar-refractivity contribution in [3.8, 4) is 5.75 Å². The summed E-state index contributed by atoms with van der Waals surface area (Å²) >= 11 is 0. The largest absolute Gasteiger partial charge is 0.506 e. The van der Waals surface area contributed by atoms with Crippen molar-refractivity contribution in [1.82, 2.24) is 19.7 Å². The summed E-state index contributed by atoms with van der Waals surface area (Å²) < 4.78 is 1.34. The zero-order valence-corrected chi connectivity index (χ0v) is 16.3. The van der Waals surface area contributed by atoms with Gasteiger partial charge in [0.15, 0.2) is 0 Å². The molecule has 3 rings (SSSR count). The van der Waals surface area contributed by atoms with E-state index >= 15 is 0 Å². The van der Waals surface area contributed by atoms with Crippen molar-refractivity contribution in [2.45, 2.75) is 13.3 Å². The molecule has 1 aromatic heterocycles. The minimum atomic E-state index is -0.674. The highest BCUT2D eigenvalue weighted by Gasteiger charge is 2.22. The van der Waals surface area contributed by atoms with Crippen LogP contribution in [0.3, 0.4) is 0 Å². The summed E-state index contributed by atoms with van der Waals surface area (Å²) in [5, 5.41) is 13.5. The molecule has 2 heterocycles. The van der Waals surface area contributed by atoms with Crippen LogP contribution in [0.2, 0.25) is 0 Å². The predicted octanol–water partition coefficient (Wildman–Crippen LogP) is 0.528. The summed E-state index contributed by atoms with van der Waals surface area (Å²) in [6, 6.07) is 6.84. The molecule has 1 fully saturated rings. The monoisotopic (exact) mass is 386 g/mol. The SMILES string of the molecule is CCN1CCN(C(=O)CCNC(=O)c2c(O)c3ccccc3n(C)c2=O)CC1. The van der Waals surface area contributed by atoms with Crippen LogP contribution < -0.4 is 10.9 Å². The Morgan fingerprint density at radius 1 is 1.14 bits per heavy atom. The fourth-order valence-electron chi connectivity index (χ4n) is 3.53. The first-order valence-electron chi connectivity index (χ1n) is 9.53. The molecule has 2 N–H and O–H groups in total. The molecular weight excluding hydrogens is 360 g/mol. The number of hydrogen-bond acceptors (Lipinski definition) is 5. The maximum absolute atomic E-state index is 12.5. The first kappa shape index (κ1) is 19.9. The van der Waals surface area contributed by atoms with E-state index in [4.69, 9.17) is 0 Å². The Bertz CT molecular complexity index is 945. The van der Waals surface area contributed by atoms with Crippen LogP contribution in [-0.4, -0.2) is 70.6 Å². The van der Waals surface area contributed by atoms with Gasteiger partial charge < -0.3 is 24.8 Å². The number of hydrogen-bond donors (Lipinski definition) is 2. The van der Waals surface area contributed by atoms with Gasteiger partial charge in [-0.05, 0) is 18.7 Å². The Labute approximate surface area is 163 Å². The normalized spacial score (nSPS) is 15.0. The number of aromatic hydroxyl groups is 1. The molecule has 2 aromatic rings. The Morgan fingerprint density at radius 3 is 2.50 bits per heavy atom. The number of aromatic nitrogens is 1. The third kappa shape index (κ3) is 3.87. The zero-order chi connectivity index (χ0) is 20.3. The number of carbonyl (C=O) groups is 2. The van der Waals surface area contributed by atoms with Crippen molar-refractivity contribution in [2.75, 3.05) is 39.3 Å². The van der Waals surface area contributed by atoms with E-state index in [1.54, 1.807) is 36.2 Å². The zero-order valence-electron chi connectivity index (χ0n) is 16.3. The summed E-state index contributed by atoms with van der Waals surface area (Å²) in [4.78, 5) is 41.4. The van der Waals surface area contributed by atoms with Crippen LogP contribution in [-0.2, 0) is 11.8 Å². The maximum atomic E-state index is 12.5. The Kier molecular flexibility index (Phi) is 5.99. The van der Waals surface area contributed by atoms with Gasteiger partial charge in [0, 0.05) is 51.6 Å². The van der Waals surface area contributed by atoms with Gasteiger partial charge in [0.1, 0.15) is 11.3 Å². The van der Waals surface area contributed by atoms with Crippen LogP contribution in [0.4, 0.5) is 0 Å². The highest BCUT2D eigenvalue weighted by molar-refractivity contribution is 6.02. The third-order valence-electron chi connectivity index (χ3n) is 5.30. The summed E-state index contributed by atoms with van der Waals surface area (Å²) in [5.74, 6) is -1.03. The predicted molar refractivity (Wildman–Crippen MR) is 106 cm³/mol. The molecule has 1 aromatic carbocycles. The van der Waals surface area contributed by atoms with E-state index in [1.165, 1.54) is 4.57 Å². The lowest BCUT2D eigenvalue weighted by molar-refractivity contribution is -0.132. The second-order valence-corrected chi connectivity index (χ2v) is 6.93. The van der Waals surface area contributed by atoms with Crippen molar-refractivity contribution in [2.24, 2.45) is 7.05 Å². The van der Waals surface area contributed by atoms with Gasteiger partial charge in [0.05, 0.1) is 5.52 Å². The number of amides is 2. The number of nitrogens with zero attached hydrogens (tertiary/aromatic N) is 3. The van der Waals surface area contributed by atoms with Crippen LogP contribution >= 0.6 is 0 Å². The number of aryl methyl sites for hydroxylation is 1. The smallest absolute Gasteiger partial charge is 0.267 e. The number of carbonyl (C=O) groups excluding carboxylic acids is 2. The number of benzene rings is 1. The van der Waals surface area contributed by atoms with Crippen molar-refractivity contribution >= 4 is 22.7 Å². The average molecular weight is 386 g/mol. The van der Waals surface area contributed by atoms with Crippen molar-refractivity contribution in [3.05, 3.63) is 40.2 Å². The molecule has 0 radical (unpaired) electrons. The number of rotatable bonds is 5. The summed E-state index contributed by atoms with van der Waals surface area (Å²) in [5.41, 5.74) is -0.330. The van der Waals surface area contributed by atoms with Crippen LogP contribution in [0, 0.1) is 0 Å². The average Bonchev–Trinajstić information content (AvgIpc) is 2.72. The van der Waals surface area contributed by atoms with Gasteiger partial charge >= 0.3 is 0 Å². The van der Waals surface area contributed by atoms with Crippen LogP contribution in [0.1, 0.15) is 23.7 Å².